The highest BCUT2D eigenvalue weighted by Gasteiger charge is 2.53. The fourth-order valence-corrected chi connectivity index (χ4v) is 3.47. The van der Waals surface area contributed by atoms with Gasteiger partial charge in [0.2, 0.25) is 6.29 Å². The van der Waals surface area contributed by atoms with Crippen LogP contribution in [0.3, 0.4) is 0 Å². The monoisotopic (exact) mass is 414 g/mol. The topological polar surface area (TPSA) is 82.1 Å². The van der Waals surface area contributed by atoms with Gasteiger partial charge >= 0.3 is 17.9 Å². The minimum atomic E-state index is -4.15. The van der Waals surface area contributed by atoms with Crippen LogP contribution < -0.4 is 4.74 Å². The average molecular weight is 414 g/mol. The molecule has 162 valence electrons. The number of alkyl halides is 2. The first kappa shape index (κ1) is 23.1. The Morgan fingerprint density at radius 1 is 1.10 bits per heavy atom. The molecule has 1 aliphatic carbocycles. The smallest absolute Gasteiger partial charge is 0.378 e. The van der Waals surface area contributed by atoms with Gasteiger partial charge in [-0.25, -0.2) is 9.59 Å². The van der Waals surface area contributed by atoms with Crippen LogP contribution in [0, 0.1) is 11.8 Å². The lowest BCUT2D eigenvalue weighted by Crippen LogP contribution is -2.48. The van der Waals surface area contributed by atoms with Crippen molar-refractivity contribution in [2.24, 2.45) is 11.8 Å². The van der Waals surface area contributed by atoms with E-state index in [0.717, 1.165) is 6.42 Å². The maximum Gasteiger partial charge on any atom is 0.378 e. The van der Waals surface area contributed by atoms with E-state index in [-0.39, 0.29) is 11.5 Å². The Morgan fingerprint density at radius 2 is 1.69 bits per heavy atom. The molecule has 0 amide bonds. The molecule has 0 heterocycles. The lowest BCUT2D eigenvalue weighted by atomic mass is 9.83. The molecule has 0 bridgehead atoms. The summed E-state index contributed by atoms with van der Waals surface area (Å²) in [5, 5.41) is 8.94. The first-order valence-electron chi connectivity index (χ1n) is 9.78. The zero-order valence-electron chi connectivity index (χ0n) is 16.9. The van der Waals surface area contributed by atoms with Gasteiger partial charge in [-0.1, -0.05) is 33.1 Å². The van der Waals surface area contributed by atoms with Crippen molar-refractivity contribution in [3.05, 3.63) is 29.8 Å². The number of carbonyl (C=O) groups excluding carboxylic acids is 1. The number of esters is 1. The van der Waals surface area contributed by atoms with Crippen LogP contribution in [0.2, 0.25) is 0 Å². The fraction of sp³-hybridized carbons (Fsp3) is 0.619. The van der Waals surface area contributed by atoms with E-state index >= 15 is 0 Å². The number of rotatable bonds is 9. The predicted octanol–water partition coefficient (Wildman–Crippen LogP) is 4.52. The summed E-state index contributed by atoms with van der Waals surface area (Å²) in [5.74, 6) is -7.57. The Hall–Kier alpha value is -2.22. The van der Waals surface area contributed by atoms with Crippen LogP contribution in [0.4, 0.5) is 8.78 Å². The molecular weight excluding hydrogens is 386 g/mol. The third-order valence-electron chi connectivity index (χ3n) is 5.07. The molecule has 1 aliphatic rings. The van der Waals surface area contributed by atoms with Gasteiger partial charge in [-0.15, -0.1) is 0 Å². The van der Waals surface area contributed by atoms with Gasteiger partial charge in [0.15, 0.2) is 6.10 Å². The first-order valence-corrected chi connectivity index (χ1v) is 9.78. The Kier molecular flexibility index (Phi) is 7.96. The third kappa shape index (κ3) is 5.88. The van der Waals surface area contributed by atoms with E-state index in [2.05, 4.69) is 0 Å². The summed E-state index contributed by atoms with van der Waals surface area (Å²) in [6.07, 6.45) is 0.646. The van der Waals surface area contributed by atoms with E-state index in [9.17, 15) is 18.4 Å². The SMILES string of the molecule is COC(Oc1ccc(C(=O)OC(C2CCCCC2)C(F)(F)C(=O)O)cc1)C(C)C. The average Bonchev–Trinajstić information content (AvgIpc) is 2.70. The molecule has 1 fully saturated rings. The maximum atomic E-state index is 14.3. The largest absolute Gasteiger partial charge is 0.477 e. The van der Waals surface area contributed by atoms with Crippen LogP contribution in [-0.2, 0) is 14.3 Å². The minimum Gasteiger partial charge on any atom is -0.477 e. The predicted molar refractivity (Wildman–Crippen MR) is 101 cm³/mol. The molecule has 0 aliphatic heterocycles. The molecule has 0 aromatic heterocycles. The standard InChI is InChI=1S/C21H28F2O6/c1-13(2)19(27-3)28-16-11-9-15(10-12-16)18(24)29-17(21(22,23)20(25)26)14-7-5-4-6-8-14/h9-14,17,19H,4-8H2,1-3H3,(H,25,26). The van der Waals surface area contributed by atoms with Crippen LogP contribution in [0.1, 0.15) is 56.3 Å². The van der Waals surface area contributed by atoms with Crippen molar-refractivity contribution in [3.8, 4) is 5.75 Å². The number of carbonyl (C=O) groups is 2. The summed E-state index contributed by atoms with van der Waals surface area (Å²) in [6.45, 7) is 3.85. The lowest BCUT2D eigenvalue weighted by Gasteiger charge is -2.33. The van der Waals surface area contributed by atoms with Gasteiger partial charge in [-0.05, 0) is 37.1 Å². The Morgan fingerprint density at radius 3 is 2.17 bits per heavy atom. The second kappa shape index (κ2) is 10.0. The molecule has 2 rings (SSSR count). The molecular formula is C21H28F2O6. The van der Waals surface area contributed by atoms with Gasteiger partial charge in [0.05, 0.1) is 5.56 Å². The van der Waals surface area contributed by atoms with Crippen molar-refractivity contribution in [2.75, 3.05) is 7.11 Å². The number of aliphatic carboxylic acids is 1. The van der Waals surface area contributed by atoms with Gasteiger partial charge in [0.1, 0.15) is 5.75 Å². The summed E-state index contributed by atoms with van der Waals surface area (Å²) in [7, 11) is 1.52. The highest BCUT2D eigenvalue weighted by Crippen LogP contribution is 2.36. The molecule has 2 atom stereocenters. The van der Waals surface area contributed by atoms with Crippen molar-refractivity contribution in [1.29, 1.82) is 0 Å². The van der Waals surface area contributed by atoms with E-state index < -0.39 is 36.2 Å². The second-order valence-electron chi connectivity index (χ2n) is 7.64. The molecule has 0 spiro atoms. The van der Waals surface area contributed by atoms with Crippen LogP contribution in [0.15, 0.2) is 24.3 Å². The van der Waals surface area contributed by atoms with Crippen molar-refractivity contribution in [3.63, 3.8) is 0 Å². The van der Waals surface area contributed by atoms with Crippen LogP contribution in [0.5, 0.6) is 5.75 Å². The number of ether oxygens (including phenoxy) is 3. The molecule has 1 aromatic rings. The molecule has 1 N–H and O–H groups in total. The highest BCUT2D eigenvalue weighted by atomic mass is 19.3. The zero-order valence-corrected chi connectivity index (χ0v) is 16.9. The Bertz CT molecular complexity index is 683. The van der Waals surface area contributed by atoms with E-state index in [1.54, 1.807) is 0 Å². The maximum absolute atomic E-state index is 14.3. The summed E-state index contributed by atoms with van der Waals surface area (Å²) < 4.78 is 44.5. The lowest BCUT2D eigenvalue weighted by molar-refractivity contribution is -0.189. The van der Waals surface area contributed by atoms with Gasteiger partial charge in [-0.2, -0.15) is 8.78 Å². The highest BCUT2D eigenvalue weighted by molar-refractivity contribution is 5.90. The number of hydrogen-bond acceptors (Lipinski definition) is 5. The summed E-state index contributed by atoms with van der Waals surface area (Å²) in [6, 6.07) is 5.80. The van der Waals surface area contributed by atoms with Crippen LogP contribution >= 0.6 is 0 Å². The van der Waals surface area contributed by atoms with Crippen molar-refractivity contribution >= 4 is 11.9 Å². The van der Waals surface area contributed by atoms with E-state index in [0.29, 0.717) is 31.4 Å². The quantitative estimate of drug-likeness (QED) is 0.473. The second-order valence-corrected chi connectivity index (χ2v) is 7.64. The number of carboxylic acid groups (broad SMARTS) is 1. The summed E-state index contributed by atoms with van der Waals surface area (Å²) >= 11 is 0. The van der Waals surface area contributed by atoms with E-state index in [4.69, 9.17) is 19.3 Å². The molecule has 2 unspecified atom stereocenters. The molecule has 1 saturated carbocycles. The van der Waals surface area contributed by atoms with Gasteiger partial charge in [0, 0.05) is 18.9 Å². The van der Waals surface area contributed by atoms with Gasteiger partial charge in [-0.3, -0.25) is 0 Å². The molecule has 0 radical (unpaired) electrons. The molecule has 29 heavy (non-hydrogen) atoms. The number of methoxy groups -OCH3 is 1. The molecule has 6 nitrogen and oxygen atoms in total. The Labute approximate surface area is 169 Å². The Balaban J connectivity index is 2.13. The number of benzene rings is 1. The molecule has 0 saturated heterocycles. The van der Waals surface area contributed by atoms with Gasteiger partial charge in [0.25, 0.3) is 0 Å². The normalized spacial score (nSPS) is 17.6. The van der Waals surface area contributed by atoms with Crippen molar-refractivity contribution < 1.29 is 37.7 Å². The fourth-order valence-electron chi connectivity index (χ4n) is 3.47. The molecule has 8 heteroatoms. The zero-order chi connectivity index (χ0) is 21.6. The van der Waals surface area contributed by atoms with Crippen molar-refractivity contribution in [2.45, 2.75) is 64.3 Å². The number of halogens is 2. The van der Waals surface area contributed by atoms with Crippen molar-refractivity contribution in [1.82, 2.24) is 0 Å². The van der Waals surface area contributed by atoms with Crippen LogP contribution in [0.25, 0.3) is 0 Å². The third-order valence-corrected chi connectivity index (χ3v) is 5.07. The minimum absolute atomic E-state index is 0.0397. The van der Waals surface area contributed by atoms with Gasteiger partial charge < -0.3 is 19.3 Å². The van der Waals surface area contributed by atoms with Crippen LogP contribution in [-0.4, -0.2) is 42.5 Å². The number of carboxylic acids is 1. The first-order chi connectivity index (χ1) is 13.7. The number of hydrogen-bond donors (Lipinski definition) is 1. The van der Waals surface area contributed by atoms with E-state index in [1.807, 2.05) is 13.8 Å². The van der Waals surface area contributed by atoms with E-state index in [1.165, 1.54) is 31.4 Å². The molecule has 1 aromatic carbocycles. The summed E-state index contributed by atoms with van der Waals surface area (Å²) in [4.78, 5) is 23.5. The summed E-state index contributed by atoms with van der Waals surface area (Å²) in [5.41, 5.74) is 0.0397.